The van der Waals surface area contributed by atoms with Crippen LogP contribution in [0.25, 0.3) is 0 Å². The highest BCUT2D eigenvalue weighted by Gasteiger charge is 2.23. The molecule has 106 valence electrons. The Morgan fingerprint density at radius 1 is 1.26 bits per heavy atom. The zero-order valence-corrected chi connectivity index (χ0v) is 12.1. The van der Waals surface area contributed by atoms with Gasteiger partial charge in [-0.3, -0.25) is 0 Å². The van der Waals surface area contributed by atoms with E-state index in [0.29, 0.717) is 6.04 Å². The lowest BCUT2D eigenvalue weighted by Crippen LogP contribution is -2.34. The van der Waals surface area contributed by atoms with Crippen LogP contribution in [0.1, 0.15) is 51.1 Å². The summed E-state index contributed by atoms with van der Waals surface area (Å²) < 4.78 is 18.7. The Bertz CT molecular complexity index is 415. The van der Waals surface area contributed by atoms with Crippen LogP contribution in [0.4, 0.5) is 4.39 Å². The molecule has 1 aliphatic carbocycles. The second-order valence-electron chi connectivity index (χ2n) is 5.61. The van der Waals surface area contributed by atoms with Crippen molar-refractivity contribution in [3.63, 3.8) is 0 Å². The van der Waals surface area contributed by atoms with Crippen molar-refractivity contribution in [2.75, 3.05) is 7.11 Å². The number of benzene rings is 1. The molecular formula is C16H24FNO. The van der Waals surface area contributed by atoms with Gasteiger partial charge in [0.2, 0.25) is 0 Å². The van der Waals surface area contributed by atoms with Crippen molar-refractivity contribution in [1.29, 1.82) is 0 Å². The molecule has 1 aliphatic rings. The van der Waals surface area contributed by atoms with Gasteiger partial charge >= 0.3 is 0 Å². The quantitative estimate of drug-likeness (QED) is 0.866. The van der Waals surface area contributed by atoms with Crippen LogP contribution in [0.15, 0.2) is 18.2 Å². The van der Waals surface area contributed by atoms with Gasteiger partial charge in [-0.25, -0.2) is 4.39 Å². The minimum Gasteiger partial charge on any atom is -0.496 e. The van der Waals surface area contributed by atoms with Crippen molar-refractivity contribution in [3.8, 4) is 5.75 Å². The van der Waals surface area contributed by atoms with Crippen molar-refractivity contribution in [2.45, 2.75) is 51.6 Å². The van der Waals surface area contributed by atoms with E-state index in [-0.39, 0.29) is 11.9 Å². The Morgan fingerprint density at radius 3 is 2.58 bits per heavy atom. The summed E-state index contributed by atoms with van der Waals surface area (Å²) in [6.07, 6.45) is 5.30. The molecule has 1 aromatic rings. The van der Waals surface area contributed by atoms with Crippen LogP contribution in [0.5, 0.6) is 5.75 Å². The molecule has 2 nitrogen and oxygen atoms in total. The predicted molar refractivity (Wildman–Crippen MR) is 75.9 cm³/mol. The van der Waals surface area contributed by atoms with Crippen LogP contribution in [-0.2, 0) is 0 Å². The maximum atomic E-state index is 13.4. The van der Waals surface area contributed by atoms with Crippen LogP contribution in [0.3, 0.4) is 0 Å². The minimum absolute atomic E-state index is 0.0984. The molecule has 0 spiro atoms. The van der Waals surface area contributed by atoms with Gasteiger partial charge in [-0.2, -0.15) is 0 Å². The molecule has 0 aliphatic heterocycles. The Labute approximate surface area is 115 Å². The molecule has 0 heterocycles. The standard InChI is InChI=1S/C16H24FNO/c1-11(13-6-4-5-7-13)18-12(2)15-10-14(17)8-9-16(15)19-3/h8-13,18H,4-7H2,1-3H3. The summed E-state index contributed by atoms with van der Waals surface area (Å²) in [7, 11) is 1.63. The largest absolute Gasteiger partial charge is 0.496 e. The highest BCUT2D eigenvalue weighted by molar-refractivity contribution is 5.36. The molecule has 2 rings (SSSR count). The van der Waals surface area contributed by atoms with Crippen LogP contribution < -0.4 is 10.1 Å². The fraction of sp³-hybridized carbons (Fsp3) is 0.625. The van der Waals surface area contributed by atoms with Crippen molar-refractivity contribution >= 4 is 0 Å². The summed E-state index contributed by atoms with van der Waals surface area (Å²) in [5, 5.41) is 3.59. The molecule has 3 heteroatoms. The molecule has 0 radical (unpaired) electrons. The van der Waals surface area contributed by atoms with E-state index in [1.807, 2.05) is 0 Å². The summed E-state index contributed by atoms with van der Waals surface area (Å²) in [4.78, 5) is 0. The lowest BCUT2D eigenvalue weighted by Gasteiger charge is -2.26. The normalized spacial score (nSPS) is 19.4. The van der Waals surface area contributed by atoms with Crippen molar-refractivity contribution in [2.24, 2.45) is 5.92 Å². The van der Waals surface area contributed by atoms with E-state index >= 15 is 0 Å². The van der Waals surface area contributed by atoms with E-state index in [1.54, 1.807) is 19.2 Å². The Kier molecular flexibility index (Phi) is 4.81. The van der Waals surface area contributed by atoms with Crippen LogP contribution in [0.2, 0.25) is 0 Å². The zero-order chi connectivity index (χ0) is 13.8. The number of methoxy groups -OCH3 is 1. The zero-order valence-electron chi connectivity index (χ0n) is 12.1. The number of ether oxygens (including phenoxy) is 1. The SMILES string of the molecule is COc1ccc(F)cc1C(C)NC(C)C1CCCC1. The lowest BCUT2D eigenvalue weighted by atomic mass is 9.97. The van der Waals surface area contributed by atoms with E-state index < -0.39 is 0 Å². The highest BCUT2D eigenvalue weighted by atomic mass is 19.1. The second kappa shape index (κ2) is 6.38. The highest BCUT2D eigenvalue weighted by Crippen LogP contribution is 2.31. The van der Waals surface area contributed by atoms with E-state index in [0.717, 1.165) is 17.2 Å². The van der Waals surface area contributed by atoms with Gasteiger partial charge in [0.25, 0.3) is 0 Å². The smallest absolute Gasteiger partial charge is 0.123 e. The van der Waals surface area contributed by atoms with Gasteiger partial charge in [0.15, 0.2) is 0 Å². The van der Waals surface area contributed by atoms with Gasteiger partial charge < -0.3 is 10.1 Å². The molecule has 1 aromatic carbocycles. The number of rotatable bonds is 5. The third-order valence-electron chi connectivity index (χ3n) is 4.28. The number of halogens is 1. The predicted octanol–water partition coefficient (Wildman–Crippen LogP) is 4.06. The molecule has 19 heavy (non-hydrogen) atoms. The summed E-state index contributed by atoms with van der Waals surface area (Å²) in [6.45, 7) is 4.31. The summed E-state index contributed by atoms with van der Waals surface area (Å²) >= 11 is 0. The number of hydrogen-bond donors (Lipinski definition) is 1. The molecule has 0 bridgehead atoms. The average molecular weight is 265 g/mol. The maximum absolute atomic E-state index is 13.4. The Hall–Kier alpha value is -1.09. The molecule has 1 fully saturated rings. The number of hydrogen-bond acceptors (Lipinski definition) is 2. The van der Waals surface area contributed by atoms with E-state index in [4.69, 9.17) is 4.74 Å². The maximum Gasteiger partial charge on any atom is 0.123 e. The van der Waals surface area contributed by atoms with E-state index in [9.17, 15) is 4.39 Å². The molecular weight excluding hydrogens is 241 g/mol. The first-order chi connectivity index (χ1) is 9.11. The summed E-state index contributed by atoms with van der Waals surface area (Å²) in [5.41, 5.74) is 0.896. The summed E-state index contributed by atoms with van der Waals surface area (Å²) in [6, 6.07) is 5.27. The Morgan fingerprint density at radius 2 is 1.95 bits per heavy atom. The van der Waals surface area contributed by atoms with Crippen LogP contribution >= 0.6 is 0 Å². The molecule has 0 aromatic heterocycles. The average Bonchev–Trinajstić information content (AvgIpc) is 2.92. The molecule has 2 unspecified atom stereocenters. The first-order valence-corrected chi connectivity index (χ1v) is 7.21. The summed E-state index contributed by atoms with van der Waals surface area (Å²) in [5.74, 6) is 1.29. The van der Waals surface area contributed by atoms with Crippen LogP contribution in [-0.4, -0.2) is 13.2 Å². The first kappa shape index (κ1) is 14.3. The number of nitrogens with one attached hydrogen (secondary N) is 1. The van der Waals surface area contributed by atoms with Gasteiger partial charge in [-0.15, -0.1) is 0 Å². The second-order valence-corrected chi connectivity index (χ2v) is 5.61. The Balaban J connectivity index is 2.06. The third kappa shape index (κ3) is 3.47. The van der Waals surface area contributed by atoms with Gasteiger partial charge in [-0.1, -0.05) is 12.8 Å². The molecule has 2 atom stereocenters. The van der Waals surface area contributed by atoms with E-state index in [2.05, 4.69) is 19.2 Å². The van der Waals surface area contributed by atoms with E-state index in [1.165, 1.54) is 31.7 Å². The van der Waals surface area contributed by atoms with Gasteiger partial charge in [0.05, 0.1) is 7.11 Å². The van der Waals surface area contributed by atoms with Crippen LogP contribution in [0, 0.1) is 11.7 Å². The molecule has 0 saturated heterocycles. The van der Waals surface area contributed by atoms with Gasteiger partial charge in [0.1, 0.15) is 11.6 Å². The monoisotopic (exact) mass is 265 g/mol. The molecule has 0 amide bonds. The third-order valence-corrected chi connectivity index (χ3v) is 4.28. The minimum atomic E-state index is -0.210. The van der Waals surface area contributed by atoms with Crippen molar-refractivity contribution in [3.05, 3.63) is 29.6 Å². The van der Waals surface area contributed by atoms with Crippen molar-refractivity contribution < 1.29 is 9.13 Å². The van der Waals surface area contributed by atoms with Gasteiger partial charge in [0, 0.05) is 17.6 Å². The van der Waals surface area contributed by atoms with Gasteiger partial charge in [-0.05, 0) is 50.8 Å². The lowest BCUT2D eigenvalue weighted by molar-refractivity contribution is 0.343. The molecule has 1 N–H and O–H groups in total. The first-order valence-electron chi connectivity index (χ1n) is 7.21. The fourth-order valence-corrected chi connectivity index (χ4v) is 3.12. The fourth-order valence-electron chi connectivity index (χ4n) is 3.12. The topological polar surface area (TPSA) is 21.3 Å². The van der Waals surface area contributed by atoms with Crippen molar-refractivity contribution in [1.82, 2.24) is 5.32 Å². The molecule has 1 saturated carbocycles.